The molecule has 2 aromatic heterocycles. The highest BCUT2D eigenvalue weighted by molar-refractivity contribution is 6.30. The zero-order valence-electron chi connectivity index (χ0n) is 12.2. The summed E-state index contributed by atoms with van der Waals surface area (Å²) in [6.07, 6.45) is 3.14. The van der Waals surface area contributed by atoms with Crippen LogP contribution in [0.3, 0.4) is 0 Å². The number of hydrogen-bond acceptors (Lipinski definition) is 3. The van der Waals surface area contributed by atoms with Gasteiger partial charge in [-0.3, -0.25) is 14.3 Å². The van der Waals surface area contributed by atoms with E-state index in [9.17, 15) is 9.59 Å². The lowest BCUT2D eigenvalue weighted by atomic mass is 10.2. The molecule has 0 aromatic carbocycles. The van der Waals surface area contributed by atoms with Gasteiger partial charge in [-0.25, -0.2) is 0 Å². The number of rotatable bonds is 4. The third-order valence-electron chi connectivity index (χ3n) is 3.36. The van der Waals surface area contributed by atoms with Gasteiger partial charge in [0.15, 0.2) is 0 Å². The van der Waals surface area contributed by atoms with Gasteiger partial charge in [0, 0.05) is 37.6 Å². The van der Waals surface area contributed by atoms with Crippen LogP contribution in [0.25, 0.3) is 0 Å². The standard InChI is InChI=1S/C14H17ClN4O2/c1-4-19-9(2)11(7-17-19)8-18(3)14(21)10-5-12(15)13(20)16-6-10/h5-7H,4,8H2,1-3H3,(H,16,20). The number of carbonyl (C=O) groups excluding carboxylic acids is 1. The Hall–Kier alpha value is -2.08. The maximum atomic E-state index is 12.3. The van der Waals surface area contributed by atoms with Crippen LogP contribution < -0.4 is 5.56 Å². The Balaban J connectivity index is 2.17. The van der Waals surface area contributed by atoms with Crippen molar-refractivity contribution in [2.45, 2.75) is 26.9 Å². The molecule has 1 amide bonds. The van der Waals surface area contributed by atoms with E-state index in [0.717, 1.165) is 17.8 Å². The highest BCUT2D eigenvalue weighted by atomic mass is 35.5. The van der Waals surface area contributed by atoms with Crippen LogP contribution in [0.15, 0.2) is 23.3 Å². The summed E-state index contributed by atoms with van der Waals surface area (Å²) in [6.45, 7) is 5.22. The normalized spacial score (nSPS) is 10.7. The van der Waals surface area contributed by atoms with Crippen molar-refractivity contribution < 1.29 is 4.79 Å². The summed E-state index contributed by atoms with van der Waals surface area (Å²) < 4.78 is 1.88. The first kappa shape index (κ1) is 15.3. The van der Waals surface area contributed by atoms with Crippen molar-refractivity contribution >= 4 is 17.5 Å². The Bertz CT molecular complexity index is 720. The van der Waals surface area contributed by atoms with Crippen molar-refractivity contribution in [2.75, 3.05) is 7.05 Å². The van der Waals surface area contributed by atoms with Crippen LogP contribution in [0, 0.1) is 6.92 Å². The van der Waals surface area contributed by atoms with E-state index in [1.165, 1.54) is 12.3 Å². The highest BCUT2D eigenvalue weighted by Crippen LogP contribution is 2.12. The molecule has 0 fully saturated rings. The van der Waals surface area contributed by atoms with Gasteiger partial charge in [0.25, 0.3) is 11.5 Å². The molecule has 0 saturated heterocycles. The predicted molar refractivity (Wildman–Crippen MR) is 80.5 cm³/mol. The van der Waals surface area contributed by atoms with Crippen LogP contribution in [-0.4, -0.2) is 32.6 Å². The molecule has 112 valence electrons. The van der Waals surface area contributed by atoms with Gasteiger partial charge in [-0.05, 0) is 19.9 Å². The molecule has 21 heavy (non-hydrogen) atoms. The summed E-state index contributed by atoms with van der Waals surface area (Å²) >= 11 is 5.74. The summed E-state index contributed by atoms with van der Waals surface area (Å²) in [5.41, 5.74) is 1.97. The summed E-state index contributed by atoms with van der Waals surface area (Å²) in [7, 11) is 1.70. The van der Waals surface area contributed by atoms with Gasteiger partial charge in [0.2, 0.25) is 0 Å². The number of halogens is 1. The first-order valence-electron chi connectivity index (χ1n) is 6.59. The van der Waals surface area contributed by atoms with Crippen molar-refractivity contribution in [3.8, 4) is 0 Å². The number of amides is 1. The van der Waals surface area contributed by atoms with Crippen LogP contribution in [0.4, 0.5) is 0 Å². The Morgan fingerprint density at radius 2 is 2.24 bits per heavy atom. The first-order chi connectivity index (χ1) is 9.93. The second kappa shape index (κ2) is 6.13. The summed E-state index contributed by atoms with van der Waals surface area (Å²) in [6, 6.07) is 1.38. The minimum absolute atomic E-state index is 0.00392. The van der Waals surface area contributed by atoms with E-state index < -0.39 is 5.56 Å². The van der Waals surface area contributed by atoms with Crippen molar-refractivity contribution in [1.82, 2.24) is 19.7 Å². The number of hydrogen-bond donors (Lipinski definition) is 1. The van der Waals surface area contributed by atoms with E-state index in [-0.39, 0.29) is 10.9 Å². The molecule has 7 heteroatoms. The lowest BCUT2D eigenvalue weighted by Crippen LogP contribution is -2.27. The fraction of sp³-hybridized carbons (Fsp3) is 0.357. The maximum Gasteiger partial charge on any atom is 0.266 e. The number of pyridine rings is 1. The molecule has 6 nitrogen and oxygen atoms in total. The molecule has 0 aliphatic carbocycles. The average Bonchev–Trinajstić information content (AvgIpc) is 2.81. The first-order valence-corrected chi connectivity index (χ1v) is 6.96. The molecule has 0 atom stereocenters. The topological polar surface area (TPSA) is 71.0 Å². The largest absolute Gasteiger partial charge is 0.337 e. The number of carbonyl (C=O) groups is 1. The second-order valence-electron chi connectivity index (χ2n) is 4.80. The Kier molecular flexibility index (Phi) is 4.47. The molecule has 1 N–H and O–H groups in total. The summed E-state index contributed by atoms with van der Waals surface area (Å²) in [5.74, 6) is -0.211. The van der Waals surface area contributed by atoms with Crippen LogP contribution in [-0.2, 0) is 13.1 Å². The summed E-state index contributed by atoms with van der Waals surface area (Å²) in [4.78, 5) is 27.5. The SMILES string of the molecule is CCn1ncc(CN(C)C(=O)c2c[nH]c(=O)c(Cl)c2)c1C. The third kappa shape index (κ3) is 3.16. The molecule has 0 bridgehead atoms. The molecule has 2 heterocycles. The number of aryl methyl sites for hydroxylation is 1. The molecule has 2 rings (SSSR count). The molecule has 0 radical (unpaired) electrons. The molecule has 0 aliphatic heterocycles. The van der Waals surface area contributed by atoms with Crippen LogP contribution in [0.2, 0.25) is 5.02 Å². The minimum atomic E-state index is -0.407. The fourth-order valence-electron chi connectivity index (χ4n) is 2.09. The predicted octanol–water partition coefficient (Wildman–Crippen LogP) is 1.83. The lowest BCUT2D eigenvalue weighted by molar-refractivity contribution is 0.0784. The number of aromatic amines is 1. The van der Waals surface area contributed by atoms with Crippen LogP contribution >= 0.6 is 11.6 Å². The molecule has 0 aliphatic rings. The molecule has 0 saturated carbocycles. The van der Waals surface area contributed by atoms with Gasteiger partial charge in [0.1, 0.15) is 5.02 Å². The smallest absolute Gasteiger partial charge is 0.266 e. The third-order valence-corrected chi connectivity index (χ3v) is 3.64. The monoisotopic (exact) mass is 308 g/mol. The van der Waals surface area contributed by atoms with Crippen molar-refractivity contribution in [3.63, 3.8) is 0 Å². The molecule has 0 unspecified atom stereocenters. The summed E-state index contributed by atoms with van der Waals surface area (Å²) in [5, 5.41) is 4.26. The maximum absolute atomic E-state index is 12.3. The minimum Gasteiger partial charge on any atom is -0.337 e. The van der Waals surface area contributed by atoms with Gasteiger partial charge >= 0.3 is 0 Å². The van der Waals surface area contributed by atoms with E-state index in [1.807, 2.05) is 18.5 Å². The second-order valence-corrected chi connectivity index (χ2v) is 5.20. The number of nitrogens with zero attached hydrogens (tertiary/aromatic N) is 3. The molecule has 2 aromatic rings. The Morgan fingerprint density at radius 3 is 2.81 bits per heavy atom. The van der Waals surface area contributed by atoms with Gasteiger partial charge in [0.05, 0.1) is 11.8 Å². The number of aromatic nitrogens is 3. The lowest BCUT2D eigenvalue weighted by Gasteiger charge is -2.17. The molecule has 0 spiro atoms. The number of H-pyrrole nitrogens is 1. The van der Waals surface area contributed by atoms with Gasteiger partial charge in [-0.15, -0.1) is 0 Å². The number of nitrogens with one attached hydrogen (secondary N) is 1. The van der Waals surface area contributed by atoms with E-state index in [4.69, 9.17) is 11.6 Å². The van der Waals surface area contributed by atoms with Gasteiger partial charge < -0.3 is 9.88 Å². The Morgan fingerprint density at radius 1 is 1.52 bits per heavy atom. The van der Waals surface area contributed by atoms with E-state index in [2.05, 4.69) is 10.1 Å². The van der Waals surface area contributed by atoms with E-state index in [1.54, 1.807) is 18.1 Å². The Labute approximate surface area is 127 Å². The fourth-order valence-corrected chi connectivity index (χ4v) is 2.26. The van der Waals surface area contributed by atoms with Crippen molar-refractivity contribution in [1.29, 1.82) is 0 Å². The van der Waals surface area contributed by atoms with Crippen molar-refractivity contribution in [2.24, 2.45) is 0 Å². The zero-order valence-corrected chi connectivity index (χ0v) is 12.9. The van der Waals surface area contributed by atoms with Crippen LogP contribution in [0.5, 0.6) is 0 Å². The van der Waals surface area contributed by atoms with Crippen molar-refractivity contribution in [3.05, 3.63) is 50.7 Å². The van der Waals surface area contributed by atoms with Gasteiger partial charge in [-0.2, -0.15) is 5.10 Å². The van der Waals surface area contributed by atoms with Gasteiger partial charge in [-0.1, -0.05) is 11.6 Å². The zero-order chi connectivity index (χ0) is 15.6. The van der Waals surface area contributed by atoms with E-state index in [0.29, 0.717) is 12.1 Å². The molecular formula is C14H17ClN4O2. The van der Waals surface area contributed by atoms with Crippen LogP contribution in [0.1, 0.15) is 28.5 Å². The average molecular weight is 309 g/mol. The van der Waals surface area contributed by atoms with E-state index >= 15 is 0 Å². The quantitative estimate of drug-likeness (QED) is 0.936. The highest BCUT2D eigenvalue weighted by Gasteiger charge is 2.15. The molecular weight excluding hydrogens is 292 g/mol.